The molecule has 0 rings (SSSR count). The van der Waals surface area contributed by atoms with Gasteiger partial charge in [0.25, 0.3) is 0 Å². The second-order valence-corrected chi connectivity index (χ2v) is 8.97. The van der Waals surface area contributed by atoms with Gasteiger partial charge < -0.3 is 19.4 Å². The van der Waals surface area contributed by atoms with Crippen molar-refractivity contribution in [2.24, 2.45) is 0 Å². The second-order valence-electron chi connectivity index (χ2n) is 8.97. The lowest BCUT2D eigenvalue weighted by Gasteiger charge is -2.28. The van der Waals surface area contributed by atoms with E-state index >= 15 is 0 Å². The van der Waals surface area contributed by atoms with Crippen LogP contribution in [-0.2, 0) is 19.1 Å². The fourth-order valence-corrected chi connectivity index (χ4v) is 3.33. The highest BCUT2D eigenvalue weighted by Crippen LogP contribution is 2.13. The smallest absolute Gasteiger partial charge is 0.307 e. The normalized spacial score (nSPS) is 12.5. The summed E-state index contributed by atoms with van der Waals surface area (Å²) in [5.74, 6) is -1.95. The van der Waals surface area contributed by atoms with Gasteiger partial charge in [-0.2, -0.15) is 0 Å². The van der Waals surface area contributed by atoms with Crippen molar-refractivity contribution < 1.29 is 33.8 Å². The van der Waals surface area contributed by atoms with Crippen LogP contribution in [0.4, 0.5) is 0 Å². The monoisotopic (exact) mass is 416 g/mol. The first-order valence-corrected chi connectivity index (χ1v) is 11.0. The lowest BCUT2D eigenvalue weighted by molar-refractivity contribution is -0.873. The standard InChI is InChI=1S/C22H41NO6/c1-23(2,3)18-19(17-21(26)27)29-22(28)16-14-12-10-8-6-4-5-7-9-11-13-15-20(24)25/h19H,4-18H2,1-3H3,(H-,24,25,26,27)/p+1. The van der Waals surface area contributed by atoms with E-state index in [1.54, 1.807) is 0 Å². The first kappa shape index (κ1) is 27.4. The predicted molar refractivity (Wildman–Crippen MR) is 113 cm³/mol. The van der Waals surface area contributed by atoms with E-state index in [1.165, 1.54) is 25.7 Å². The van der Waals surface area contributed by atoms with Crippen LogP contribution < -0.4 is 0 Å². The number of likely N-dealkylation sites (N-methyl/N-ethyl adjacent to an activating group) is 1. The first-order valence-electron chi connectivity index (χ1n) is 11.0. The molecule has 0 fully saturated rings. The Balaban J connectivity index is 3.63. The van der Waals surface area contributed by atoms with Crippen LogP contribution in [0.25, 0.3) is 0 Å². The number of hydrogen-bond donors (Lipinski definition) is 2. The van der Waals surface area contributed by atoms with Gasteiger partial charge in [-0.05, 0) is 12.8 Å². The van der Waals surface area contributed by atoms with Gasteiger partial charge in [0.2, 0.25) is 0 Å². The van der Waals surface area contributed by atoms with Crippen LogP contribution in [0.3, 0.4) is 0 Å². The molecular weight excluding hydrogens is 374 g/mol. The number of nitrogens with zero attached hydrogens (tertiary/aromatic N) is 1. The summed E-state index contributed by atoms with van der Waals surface area (Å²) in [5, 5.41) is 17.6. The summed E-state index contributed by atoms with van der Waals surface area (Å²) < 4.78 is 5.93. The number of rotatable bonds is 19. The van der Waals surface area contributed by atoms with Crippen LogP contribution >= 0.6 is 0 Å². The summed E-state index contributed by atoms with van der Waals surface area (Å²) in [7, 11) is 5.84. The number of carbonyl (C=O) groups is 3. The predicted octanol–water partition coefficient (Wildman–Crippen LogP) is 4.24. The zero-order valence-electron chi connectivity index (χ0n) is 18.7. The van der Waals surface area contributed by atoms with Crippen molar-refractivity contribution in [1.29, 1.82) is 0 Å². The third-order valence-corrected chi connectivity index (χ3v) is 4.72. The Morgan fingerprint density at radius 1 is 0.690 bits per heavy atom. The van der Waals surface area contributed by atoms with Crippen LogP contribution in [0.1, 0.15) is 89.9 Å². The van der Waals surface area contributed by atoms with Gasteiger partial charge in [0.05, 0.1) is 27.6 Å². The molecular formula is C22H42NO6+. The quantitative estimate of drug-likeness (QED) is 0.186. The number of carboxylic acids is 2. The Bertz CT molecular complexity index is 472. The number of carbonyl (C=O) groups excluding carboxylic acids is 1. The molecule has 0 aromatic rings. The number of esters is 1. The molecule has 29 heavy (non-hydrogen) atoms. The highest BCUT2D eigenvalue weighted by molar-refractivity contribution is 5.71. The molecule has 0 saturated heterocycles. The zero-order chi connectivity index (χ0) is 22.1. The number of quaternary nitrogens is 1. The van der Waals surface area contributed by atoms with Gasteiger partial charge in [0, 0.05) is 12.8 Å². The number of ether oxygens (including phenoxy) is 1. The van der Waals surface area contributed by atoms with E-state index < -0.39 is 18.0 Å². The van der Waals surface area contributed by atoms with Gasteiger partial charge in [-0.25, -0.2) is 0 Å². The van der Waals surface area contributed by atoms with Gasteiger partial charge in [-0.3, -0.25) is 14.4 Å². The largest absolute Gasteiger partial charge is 0.481 e. The summed E-state index contributed by atoms with van der Waals surface area (Å²) in [5.41, 5.74) is 0. The van der Waals surface area contributed by atoms with Crippen molar-refractivity contribution in [3.63, 3.8) is 0 Å². The van der Waals surface area contributed by atoms with Crippen LogP contribution in [0.15, 0.2) is 0 Å². The van der Waals surface area contributed by atoms with Gasteiger partial charge in [0.15, 0.2) is 6.10 Å². The van der Waals surface area contributed by atoms with E-state index in [4.69, 9.17) is 14.9 Å². The highest BCUT2D eigenvalue weighted by Gasteiger charge is 2.24. The van der Waals surface area contributed by atoms with E-state index in [9.17, 15) is 14.4 Å². The van der Waals surface area contributed by atoms with Crippen molar-refractivity contribution in [3.05, 3.63) is 0 Å². The summed E-state index contributed by atoms with van der Waals surface area (Å²) in [6, 6.07) is 0. The number of unbranched alkanes of at least 4 members (excludes halogenated alkanes) is 10. The van der Waals surface area contributed by atoms with E-state index in [0.29, 0.717) is 17.4 Å². The Morgan fingerprint density at radius 2 is 1.10 bits per heavy atom. The van der Waals surface area contributed by atoms with E-state index in [2.05, 4.69) is 0 Å². The molecule has 7 heteroatoms. The van der Waals surface area contributed by atoms with Gasteiger partial charge in [0.1, 0.15) is 6.54 Å². The summed E-state index contributed by atoms with van der Waals surface area (Å²) in [6.45, 7) is 0.484. The average molecular weight is 417 g/mol. The molecule has 0 spiro atoms. The van der Waals surface area contributed by atoms with Crippen molar-refractivity contribution in [1.82, 2.24) is 0 Å². The summed E-state index contributed by atoms with van der Waals surface area (Å²) in [4.78, 5) is 33.3. The fraction of sp³-hybridized carbons (Fsp3) is 0.864. The van der Waals surface area contributed by atoms with Crippen molar-refractivity contribution in [2.75, 3.05) is 27.7 Å². The minimum absolute atomic E-state index is 0.152. The second kappa shape index (κ2) is 16.2. The maximum atomic E-state index is 12.0. The molecule has 0 aliphatic rings. The molecule has 0 bridgehead atoms. The van der Waals surface area contributed by atoms with Crippen molar-refractivity contribution in [3.8, 4) is 0 Å². The summed E-state index contributed by atoms with van der Waals surface area (Å²) >= 11 is 0. The molecule has 2 N–H and O–H groups in total. The SMILES string of the molecule is C[N+](C)(C)CC(CC(=O)O)OC(=O)CCCCCCCCCCCCCC(=O)O. The van der Waals surface area contributed by atoms with Gasteiger partial charge in [-0.15, -0.1) is 0 Å². The average Bonchev–Trinajstić information content (AvgIpc) is 2.56. The Kier molecular flexibility index (Phi) is 15.3. The molecule has 0 saturated carbocycles. The Morgan fingerprint density at radius 3 is 1.48 bits per heavy atom. The minimum atomic E-state index is -0.948. The maximum Gasteiger partial charge on any atom is 0.307 e. The lowest BCUT2D eigenvalue weighted by Crippen LogP contribution is -2.43. The van der Waals surface area contributed by atoms with Crippen LogP contribution in [0, 0.1) is 0 Å². The molecule has 1 atom stereocenters. The molecule has 7 nitrogen and oxygen atoms in total. The maximum absolute atomic E-state index is 12.0. The van der Waals surface area contributed by atoms with Crippen LogP contribution in [0.2, 0.25) is 0 Å². The Hall–Kier alpha value is -1.63. The third kappa shape index (κ3) is 20.9. The van der Waals surface area contributed by atoms with Crippen molar-refractivity contribution in [2.45, 2.75) is 96.0 Å². The third-order valence-electron chi connectivity index (χ3n) is 4.72. The molecule has 170 valence electrons. The minimum Gasteiger partial charge on any atom is -0.481 e. The van der Waals surface area contributed by atoms with Crippen LogP contribution in [-0.4, -0.2) is 66.4 Å². The van der Waals surface area contributed by atoms with E-state index in [1.807, 2.05) is 21.1 Å². The fourth-order valence-electron chi connectivity index (χ4n) is 3.33. The zero-order valence-corrected chi connectivity index (χ0v) is 18.7. The lowest BCUT2D eigenvalue weighted by atomic mass is 10.0. The van der Waals surface area contributed by atoms with Gasteiger partial charge >= 0.3 is 17.9 Å². The Labute approximate surface area is 176 Å². The highest BCUT2D eigenvalue weighted by atomic mass is 16.5. The van der Waals surface area contributed by atoms with Gasteiger partial charge in [-0.1, -0.05) is 57.8 Å². The molecule has 1 unspecified atom stereocenters. The molecule has 0 radical (unpaired) electrons. The molecule has 0 heterocycles. The molecule has 0 aliphatic heterocycles. The molecule has 0 amide bonds. The molecule has 0 aliphatic carbocycles. The van der Waals surface area contributed by atoms with Crippen LogP contribution in [0.5, 0.6) is 0 Å². The molecule has 0 aromatic carbocycles. The summed E-state index contributed by atoms with van der Waals surface area (Å²) in [6.07, 6.45) is 11.6. The number of aliphatic carboxylic acids is 2. The van der Waals surface area contributed by atoms with E-state index in [-0.39, 0.29) is 18.8 Å². The van der Waals surface area contributed by atoms with E-state index in [0.717, 1.165) is 44.9 Å². The molecule has 0 aromatic heterocycles. The topological polar surface area (TPSA) is 101 Å². The first-order chi connectivity index (χ1) is 13.6. The van der Waals surface area contributed by atoms with Crippen molar-refractivity contribution >= 4 is 17.9 Å². The number of hydrogen-bond acceptors (Lipinski definition) is 4. The number of carboxylic acid groups (broad SMARTS) is 2.